The first kappa shape index (κ1) is 18.1. The maximum atomic E-state index is 12.2. The second kappa shape index (κ2) is 7.27. The van der Waals surface area contributed by atoms with Crippen molar-refractivity contribution in [1.82, 2.24) is 4.90 Å². The van der Waals surface area contributed by atoms with Crippen molar-refractivity contribution < 1.29 is 22.4 Å². The van der Waals surface area contributed by atoms with E-state index in [9.17, 15) is 13.2 Å². The van der Waals surface area contributed by atoms with Gasteiger partial charge in [-0.15, -0.1) is 0 Å². The lowest BCUT2D eigenvalue weighted by atomic mass is 10.2. The van der Waals surface area contributed by atoms with Gasteiger partial charge in [0, 0.05) is 18.1 Å². The smallest absolute Gasteiger partial charge is 0.260 e. The van der Waals surface area contributed by atoms with Gasteiger partial charge < -0.3 is 14.1 Å². The molecule has 0 spiro atoms. The van der Waals surface area contributed by atoms with Crippen LogP contribution < -0.4 is 4.74 Å². The summed E-state index contributed by atoms with van der Waals surface area (Å²) in [5.41, 5.74) is 0. The Morgan fingerprint density at radius 2 is 2.04 bits per heavy atom. The van der Waals surface area contributed by atoms with Crippen molar-refractivity contribution in [3.05, 3.63) is 52.4 Å². The number of ether oxygens (including phenoxy) is 1. The lowest BCUT2D eigenvalue weighted by Gasteiger charge is -2.38. The molecule has 2 heterocycles. The molecule has 9 heteroatoms. The molecule has 1 aliphatic heterocycles. The van der Waals surface area contributed by atoms with Crippen molar-refractivity contribution in [2.45, 2.75) is 11.0 Å². The summed E-state index contributed by atoms with van der Waals surface area (Å²) in [6.07, 6.45) is 1.43. The summed E-state index contributed by atoms with van der Waals surface area (Å²) in [5.74, 6) is 0.284. The molecule has 0 saturated carbocycles. The van der Waals surface area contributed by atoms with Crippen molar-refractivity contribution in [2.75, 3.05) is 19.7 Å². The third kappa shape index (κ3) is 4.29. The highest BCUT2D eigenvalue weighted by molar-refractivity contribution is 7.91. The summed E-state index contributed by atoms with van der Waals surface area (Å²) in [4.78, 5) is 13.5. The molecule has 0 bridgehead atoms. The number of nitrogens with zero attached hydrogens (tertiary/aromatic N) is 1. The molecule has 2 aromatic rings. The zero-order valence-corrected chi connectivity index (χ0v) is 15.4. The Morgan fingerprint density at radius 1 is 1.28 bits per heavy atom. The quantitative estimate of drug-likeness (QED) is 0.740. The van der Waals surface area contributed by atoms with Crippen LogP contribution in [0, 0.1) is 0 Å². The molecule has 1 aromatic heterocycles. The van der Waals surface area contributed by atoms with Gasteiger partial charge in [-0.2, -0.15) is 0 Å². The minimum absolute atomic E-state index is 0.152. The standard InChI is InChI=1S/C16H15Cl2NO5S/c17-11-3-4-15(14(18)6-11)24-9-16(20)19-7-13(8-19)25(21,22)10-12-2-1-5-23-12/h1-6,13H,7-10H2. The Hall–Kier alpha value is -1.70. The predicted molar refractivity (Wildman–Crippen MR) is 93.7 cm³/mol. The third-order valence-electron chi connectivity index (χ3n) is 3.88. The largest absolute Gasteiger partial charge is 0.482 e. The predicted octanol–water partition coefficient (Wildman–Crippen LogP) is 2.79. The SMILES string of the molecule is O=C(COc1ccc(Cl)cc1Cl)N1CC(S(=O)(=O)Cc2ccco2)C1. The van der Waals surface area contributed by atoms with Gasteiger partial charge in [-0.3, -0.25) is 4.79 Å². The number of benzene rings is 1. The van der Waals surface area contributed by atoms with E-state index in [4.69, 9.17) is 32.4 Å². The molecule has 1 amide bonds. The molecule has 0 N–H and O–H groups in total. The second-order valence-electron chi connectivity index (χ2n) is 5.67. The lowest BCUT2D eigenvalue weighted by molar-refractivity contribution is -0.136. The van der Waals surface area contributed by atoms with Crippen LogP contribution in [0.25, 0.3) is 0 Å². The number of hydrogen-bond donors (Lipinski definition) is 0. The minimum Gasteiger partial charge on any atom is -0.482 e. The molecule has 1 aromatic carbocycles. The van der Waals surface area contributed by atoms with Crippen molar-refractivity contribution in [3.63, 3.8) is 0 Å². The molecule has 134 valence electrons. The van der Waals surface area contributed by atoms with Gasteiger partial charge in [-0.1, -0.05) is 23.2 Å². The first-order chi connectivity index (χ1) is 11.8. The molecule has 3 rings (SSSR count). The Labute approximate surface area is 155 Å². The van der Waals surface area contributed by atoms with E-state index in [1.54, 1.807) is 24.3 Å². The number of furan rings is 1. The van der Waals surface area contributed by atoms with Gasteiger partial charge >= 0.3 is 0 Å². The fourth-order valence-electron chi connectivity index (χ4n) is 2.40. The minimum atomic E-state index is -3.36. The molecular weight excluding hydrogens is 389 g/mol. The second-order valence-corrected chi connectivity index (χ2v) is 8.80. The molecule has 0 radical (unpaired) electrons. The Morgan fingerprint density at radius 3 is 2.68 bits per heavy atom. The van der Waals surface area contributed by atoms with E-state index in [1.807, 2.05) is 0 Å². The van der Waals surface area contributed by atoms with Gasteiger partial charge in [0.2, 0.25) is 0 Å². The highest BCUT2D eigenvalue weighted by Gasteiger charge is 2.40. The molecule has 0 aliphatic carbocycles. The van der Waals surface area contributed by atoms with Gasteiger partial charge in [0.25, 0.3) is 5.91 Å². The average Bonchev–Trinajstić information content (AvgIpc) is 2.96. The topological polar surface area (TPSA) is 76.8 Å². The van der Waals surface area contributed by atoms with Crippen molar-refractivity contribution in [2.24, 2.45) is 0 Å². The number of sulfone groups is 1. The number of hydrogen-bond acceptors (Lipinski definition) is 5. The van der Waals surface area contributed by atoms with Crippen LogP contribution in [0.1, 0.15) is 5.76 Å². The number of amides is 1. The summed E-state index contributed by atoms with van der Waals surface area (Å²) < 4.78 is 34.9. The van der Waals surface area contributed by atoms with Crippen LogP contribution in [-0.2, 0) is 20.4 Å². The number of halogens is 2. The van der Waals surface area contributed by atoms with Gasteiger partial charge in [0.1, 0.15) is 17.3 Å². The molecule has 0 atom stereocenters. The van der Waals surface area contributed by atoms with Crippen LogP contribution in [-0.4, -0.2) is 44.2 Å². The van der Waals surface area contributed by atoms with Gasteiger partial charge in [0.15, 0.2) is 16.4 Å². The lowest BCUT2D eigenvalue weighted by Crippen LogP contribution is -2.58. The van der Waals surface area contributed by atoms with E-state index in [2.05, 4.69) is 0 Å². The van der Waals surface area contributed by atoms with Crippen molar-refractivity contribution >= 4 is 38.9 Å². The highest BCUT2D eigenvalue weighted by Crippen LogP contribution is 2.28. The molecule has 25 heavy (non-hydrogen) atoms. The van der Waals surface area contributed by atoms with Crippen molar-refractivity contribution in [1.29, 1.82) is 0 Å². The first-order valence-corrected chi connectivity index (χ1v) is 9.92. The molecule has 6 nitrogen and oxygen atoms in total. The van der Waals surface area contributed by atoms with Crippen LogP contribution >= 0.6 is 23.2 Å². The average molecular weight is 404 g/mol. The van der Waals surface area contributed by atoms with Crippen LogP contribution in [0.15, 0.2) is 41.0 Å². The Balaban J connectivity index is 1.49. The summed E-state index contributed by atoms with van der Waals surface area (Å²) >= 11 is 11.8. The molecule has 1 aliphatic rings. The summed E-state index contributed by atoms with van der Waals surface area (Å²) in [5, 5.41) is 0.194. The fourth-order valence-corrected chi connectivity index (χ4v) is 4.48. The van der Waals surface area contributed by atoms with Crippen LogP contribution in [0.4, 0.5) is 0 Å². The summed E-state index contributed by atoms with van der Waals surface area (Å²) in [7, 11) is -3.36. The Kier molecular flexibility index (Phi) is 5.27. The maximum Gasteiger partial charge on any atom is 0.260 e. The third-order valence-corrected chi connectivity index (χ3v) is 6.41. The van der Waals surface area contributed by atoms with Gasteiger partial charge in [-0.05, 0) is 30.3 Å². The monoisotopic (exact) mass is 403 g/mol. The molecule has 1 saturated heterocycles. The molecular formula is C16H15Cl2NO5S. The number of rotatable bonds is 6. The number of likely N-dealkylation sites (tertiary alicyclic amines) is 1. The van der Waals surface area contributed by atoms with E-state index in [1.165, 1.54) is 17.2 Å². The van der Waals surface area contributed by atoms with Gasteiger partial charge in [-0.25, -0.2) is 8.42 Å². The van der Waals surface area contributed by atoms with Gasteiger partial charge in [0.05, 0.1) is 16.5 Å². The van der Waals surface area contributed by atoms with E-state index in [0.29, 0.717) is 21.6 Å². The number of carbonyl (C=O) groups is 1. The zero-order chi connectivity index (χ0) is 18.0. The van der Waals surface area contributed by atoms with E-state index in [-0.39, 0.29) is 31.4 Å². The van der Waals surface area contributed by atoms with E-state index >= 15 is 0 Å². The fraction of sp³-hybridized carbons (Fsp3) is 0.312. The van der Waals surface area contributed by atoms with Crippen LogP contribution in [0.2, 0.25) is 10.0 Å². The van der Waals surface area contributed by atoms with Crippen LogP contribution in [0.5, 0.6) is 5.75 Å². The van der Waals surface area contributed by atoms with Crippen molar-refractivity contribution in [3.8, 4) is 5.75 Å². The zero-order valence-electron chi connectivity index (χ0n) is 13.0. The molecule has 1 fully saturated rings. The normalized spacial score (nSPS) is 15.0. The summed E-state index contributed by atoms with van der Waals surface area (Å²) in [6, 6.07) is 7.95. The van der Waals surface area contributed by atoms with E-state index in [0.717, 1.165) is 0 Å². The van der Waals surface area contributed by atoms with E-state index < -0.39 is 15.1 Å². The maximum absolute atomic E-state index is 12.2. The summed E-state index contributed by atoms with van der Waals surface area (Å²) in [6.45, 7) is 0.0888. The van der Waals surface area contributed by atoms with Crippen LogP contribution in [0.3, 0.4) is 0 Å². The first-order valence-electron chi connectivity index (χ1n) is 7.45. The Bertz CT molecular complexity index is 861. The molecule has 0 unspecified atom stereocenters. The highest BCUT2D eigenvalue weighted by atomic mass is 35.5. The number of carbonyl (C=O) groups excluding carboxylic acids is 1.